The zero-order chi connectivity index (χ0) is 0. The topological polar surface area (TPSA) is 0 Å². The van der Waals surface area contributed by atoms with Crippen molar-refractivity contribution in [2.45, 2.75) is 0 Å². The van der Waals surface area contributed by atoms with E-state index in [1.165, 1.54) is 0 Å². The van der Waals surface area contributed by atoms with E-state index in [1.807, 2.05) is 0 Å². The molecule has 16 valence electrons. The molecule has 0 rings (SSSR count). The second-order valence-corrected chi connectivity index (χ2v) is 0. The molecule has 4 radical (unpaired) electrons. The van der Waals surface area contributed by atoms with Crippen LogP contribution in [0.15, 0.2) is 0 Å². The molecular formula is CeInNbTi. The Morgan fingerprint density at radius 3 is 1.00 bits per heavy atom. The summed E-state index contributed by atoms with van der Waals surface area (Å²) in [5, 5.41) is 0. The third-order valence-corrected chi connectivity index (χ3v) is 0. The molecule has 0 bridgehead atoms. The van der Waals surface area contributed by atoms with Gasteiger partial charge in [-0.25, -0.2) is 0 Å². The molecule has 0 aliphatic rings. The average molecular weight is 396 g/mol. The summed E-state index contributed by atoms with van der Waals surface area (Å²) in [6.45, 7) is 0. The molecule has 0 aliphatic heterocycles. The van der Waals surface area contributed by atoms with Crippen molar-refractivity contribution in [1.29, 1.82) is 0 Å². The van der Waals surface area contributed by atoms with Gasteiger partial charge in [-0.3, -0.25) is 0 Å². The van der Waals surface area contributed by atoms with E-state index in [4.69, 9.17) is 0 Å². The van der Waals surface area contributed by atoms with Gasteiger partial charge in [0, 0.05) is 112 Å². The first-order chi connectivity index (χ1) is 0. The first-order valence-corrected chi connectivity index (χ1v) is 0. The molecule has 0 saturated heterocycles. The zero-order valence-electron chi connectivity index (χ0n) is 2.02. The standard InChI is InChI=1S/Ce.In.Nb.Ti. The van der Waals surface area contributed by atoms with E-state index in [0.29, 0.717) is 0 Å². The summed E-state index contributed by atoms with van der Waals surface area (Å²) in [4.78, 5) is 0. The maximum absolute atomic E-state index is 0. The minimum absolute atomic E-state index is 0. The Morgan fingerprint density at radius 2 is 1.00 bits per heavy atom. The van der Waals surface area contributed by atoms with Crippen molar-refractivity contribution in [3.8, 4) is 0 Å². The fraction of sp³-hybridized carbons (Fsp3) is 0. The SMILES string of the molecule is [Ce].[In].[Nb].[Ti]. The van der Waals surface area contributed by atoms with Crippen LogP contribution in [0.25, 0.3) is 0 Å². The van der Waals surface area contributed by atoms with Crippen molar-refractivity contribution in [3.63, 3.8) is 0 Å². The van der Waals surface area contributed by atoms with E-state index < -0.39 is 0 Å². The summed E-state index contributed by atoms with van der Waals surface area (Å²) in [5.41, 5.74) is 0. The van der Waals surface area contributed by atoms with Gasteiger partial charge in [0.2, 0.25) is 0 Å². The quantitative estimate of drug-likeness (QED) is 0.490. The van der Waals surface area contributed by atoms with E-state index >= 15 is 0 Å². The molecule has 0 unspecified atom stereocenters. The summed E-state index contributed by atoms with van der Waals surface area (Å²) in [7, 11) is 0. The number of hydrogen-bond donors (Lipinski definition) is 0. The summed E-state index contributed by atoms with van der Waals surface area (Å²) >= 11 is 0. The zero-order valence-corrected chi connectivity index (χ0v) is 12.2. The minimum atomic E-state index is 0. The van der Waals surface area contributed by atoms with E-state index in [-0.39, 0.29) is 112 Å². The van der Waals surface area contributed by atoms with Crippen molar-refractivity contribution in [2.75, 3.05) is 0 Å². The number of rotatable bonds is 0. The van der Waals surface area contributed by atoms with E-state index in [0.717, 1.165) is 0 Å². The molecular weight excluding hydrogens is 396 g/mol. The molecule has 0 aliphatic carbocycles. The molecule has 0 heterocycles. The Balaban J connectivity index is 0. The van der Waals surface area contributed by atoms with Crippen LogP contribution in [0.4, 0.5) is 0 Å². The summed E-state index contributed by atoms with van der Waals surface area (Å²) in [6.07, 6.45) is 0. The molecule has 0 nitrogen and oxygen atoms in total. The van der Waals surface area contributed by atoms with E-state index in [9.17, 15) is 0 Å². The van der Waals surface area contributed by atoms with Gasteiger partial charge >= 0.3 is 0 Å². The maximum Gasteiger partial charge on any atom is 0 e. The van der Waals surface area contributed by atoms with Crippen molar-refractivity contribution < 1.29 is 85.8 Å². The second-order valence-electron chi connectivity index (χ2n) is 0. The van der Waals surface area contributed by atoms with Gasteiger partial charge < -0.3 is 0 Å². The van der Waals surface area contributed by atoms with Gasteiger partial charge in [0.25, 0.3) is 0 Å². The third-order valence-electron chi connectivity index (χ3n) is 0. The van der Waals surface area contributed by atoms with Crippen molar-refractivity contribution in [1.82, 2.24) is 0 Å². The van der Waals surface area contributed by atoms with Crippen LogP contribution in [-0.2, 0) is 44.1 Å². The first-order valence-electron chi connectivity index (χ1n) is 0. The molecule has 0 aromatic heterocycles. The summed E-state index contributed by atoms with van der Waals surface area (Å²) in [6, 6.07) is 0. The van der Waals surface area contributed by atoms with Crippen LogP contribution in [-0.4, -0.2) is 25.8 Å². The summed E-state index contributed by atoms with van der Waals surface area (Å²) in [5.74, 6) is 0. The maximum atomic E-state index is 0. The van der Waals surface area contributed by atoms with E-state index in [1.54, 1.807) is 0 Å². The van der Waals surface area contributed by atoms with Crippen LogP contribution in [0.5, 0.6) is 0 Å². The van der Waals surface area contributed by atoms with Gasteiger partial charge in [-0.1, -0.05) is 0 Å². The monoisotopic (exact) mass is 396 g/mol. The van der Waals surface area contributed by atoms with Gasteiger partial charge in [0.15, 0.2) is 0 Å². The molecule has 0 aromatic carbocycles. The second kappa shape index (κ2) is 15.9. The minimum Gasteiger partial charge on any atom is 0 e. The molecule has 4 heavy (non-hydrogen) atoms. The van der Waals surface area contributed by atoms with Crippen molar-refractivity contribution in [2.24, 2.45) is 0 Å². The molecule has 0 N–H and O–H groups in total. The Kier molecular flexibility index (Phi) is 100. The molecule has 0 amide bonds. The molecule has 0 atom stereocenters. The van der Waals surface area contributed by atoms with E-state index in [2.05, 4.69) is 0 Å². The molecule has 0 aromatic rings. The van der Waals surface area contributed by atoms with Gasteiger partial charge in [0.05, 0.1) is 0 Å². The van der Waals surface area contributed by atoms with Gasteiger partial charge in [-0.15, -0.1) is 0 Å². The van der Waals surface area contributed by atoms with Crippen LogP contribution in [0.2, 0.25) is 0 Å². The molecule has 0 saturated carbocycles. The Bertz CT molecular complexity index is 8.00. The fourth-order valence-corrected chi connectivity index (χ4v) is 0. The predicted molar refractivity (Wildman–Crippen MR) is 5.75 cm³/mol. The Hall–Kier alpha value is 3.70. The van der Waals surface area contributed by atoms with Crippen LogP contribution in [0, 0.1) is 41.7 Å². The van der Waals surface area contributed by atoms with Crippen LogP contribution < -0.4 is 0 Å². The van der Waals surface area contributed by atoms with Gasteiger partial charge in [0.1, 0.15) is 0 Å². The Morgan fingerprint density at radius 1 is 1.00 bits per heavy atom. The molecule has 0 spiro atoms. The smallest absolute Gasteiger partial charge is 0 e. The Labute approximate surface area is 109 Å². The molecule has 4 heteroatoms. The van der Waals surface area contributed by atoms with Crippen molar-refractivity contribution >= 4 is 25.8 Å². The fourth-order valence-electron chi connectivity index (χ4n) is 0. The van der Waals surface area contributed by atoms with Crippen LogP contribution >= 0.6 is 0 Å². The van der Waals surface area contributed by atoms with Crippen molar-refractivity contribution in [3.05, 3.63) is 0 Å². The largest absolute Gasteiger partial charge is 0 e. The number of hydrogen-bond acceptors (Lipinski definition) is 0. The molecule has 0 fully saturated rings. The first kappa shape index (κ1) is 25.2. The van der Waals surface area contributed by atoms with Crippen LogP contribution in [0.3, 0.4) is 0 Å². The predicted octanol–water partition coefficient (Wildman–Crippen LogP) is -0.386. The van der Waals surface area contributed by atoms with Gasteiger partial charge in [-0.05, 0) is 0 Å². The summed E-state index contributed by atoms with van der Waals surface area (Å²) < 4.78 is 0. The normalized spacial score (nSPS) is 0. The average Bonchev–Trinajstić information content (AvgIpc) is 0. The van der Waals surface area contributed by atoms with Crippen LogP contribution in [0.1, 0.15) is 0 Å². The third kappa shape index (κ3) is 9.20. The van der Waals surface area contributed by atoms with Gasteiger partial charge in [-0.2, -0.15) is 0 Å².